The first-order valence-electron chi connectivity index (χ1n) is 4.59. The van der Waals surface area contributed by atoms with Gasteiger partial charge in [0.25, 0.3) is 6.41 Å². The van der Waals surface area contributed by atoms with Crippen molar-refractivity contribution in [2.24, 2.45) is 0 Å². The lowest BCUT2D eigenvalue weighted by atomic mass is 10.2. The van der Waals surface area contributed by atoms with Gasteiger partial charge in [0.05, 0.1) is 5.60 Å². The molecule has 6 heteroatoms. The maximum absolute atomic E-state index is 10.9. The number of hydrogen-bond acceptors (Lipinski definition) is 3. The van der Waals surface area contributed by atoms with Crippen LogP contribution in [0, 0.1) is 11.3 Å². The SMILES string of the molecule is CC(C)(C)ON(C=O)n1cc(Br)cc1C#N. The molecule has 16 heavy (non-hydrogen) atoms. The maximum Gasteiger partial charge on any atom is 0.255 e. The van der Waals surface area contributed by atoms with Crippen molar-refractivity contribution in [3.8, 4) is 6.07 Å². The largest absolute Gasteiger partial charge is 0.274 e. The van der Waals surface area contributed by atoms with Gasteiger partial charge in [-0.1, -0.05) is 0 Å². The van der Waals surface area contributed by atoms with Gasteiger partial charge in [-0.15, -0.1) is 5.17 Å². The summed E-state index contributed by atoms with van der Waals surface area (Å²) < 4.78 is 2.04. The molecule has 0 unspecified atom stereocenters. The van der Waals surface area contributed by atoms with Crippen LogP contribution in [0.25, 0.3) is 0 Å². The molecule has 1 rings (SSSR count). The van der Waals surface area contributed by atoms with Crippen LogP contribution in [0.3, 0.4) is 0 Å². The molecular weight excluding hydrogens is 274 g/mol. The number of aromatic nitrogens is 1. The van der Waals surface area contributed by atoms with Crippen molar-refractivity contribution >= 4 is 22.3 Å². The van der Waals surface area contributed by atoms with Crippen molar-refractivity contribution in [3.05, 3.63) is 22.4 Å². The van der Waals surface area contributed by atoms with Gasteiger partial charge < -0.3 is 0 Å². The predicted molar refractivity (Wildman–Crippen MR) is 62.0 cm³/mol. The Bertz CT molecular complexity index is 428. The number of halogens is 1. The molecule has 1 amide bonds. The summed E-state index contributed by atoms with van der Waals surface area (Å²) in [6.45, 7) is 5.44. The number of nitrogens with zero attached hydrogens (tertiary/aromatic N) is 3. The van der Waals surface area contributed by atoms with E-state index in [0.717, 1.165) is 5.17 Å². The molecule has 0 bridgehead atoms. The van der Waals surface area contributed by atoms with Crippen LogP contribution in [-0.4, -0.2) is 16.7 Å². The zero-order valence-electron chi connectivity index (χ0n) is 9.27. The molecule has 0 spiro atoms. The average Bonchev–Trinajstić information content (AvgIpc) is 2.54. The minimum atomic E-state index is -0.523. The Hall–Kier alpha value is -1.32. The normalized spacial score (nSPS) is 10.9. The molecule has 0 aliphatic carbocycles. The molecular formula is C10H12BrN3O2. The highest BCUT2D eigenvalue weighted by Crippen LogP contribution is 2.16. The average molecular weight is 286 g/mol. The molecule has 86 valence electrons. The van der Waals surface area contributed by atoms with Crippen molar-refractivity contribution in [3.63, 3.8) is 0 Å². The van der Waals surface area contributed by atoms with Gasteiger partial charge in [0.1, 0.15) is 11.8 Å². The van der Waals surface area contributed by atoms with Crippen LogP contribution < -0.4 is 5.17 Å². The Morgan fingerprint density at radius 2 is 2.25 bits per heavy atom. The smallest absolute Gasteiger partial charge is 0.255 e. The van der Waals surface area contributed by atoms with Crippen molar-refractivity contribution in [1.82, 2.24) is 4.68 Å². The highest BCUT2D eigenvalue weighted by atomic mass is 79.9. The molecule has 1 aromatic rings. The molecule has 0 atom stereocenters. The number of nitriles is 1. The molecule has 0 aromatic carbocycles. The maximum atomic E-state index is 10.9. The van der Waals surface area contributed by atoms with E-state index in [1.165, 1.54) is 4.68 Å². The molecule has 0 fully saturated rings. The third-order valence-electron chi connectivity index (χ3n) is 1.55. The van der Waals surface area contributed by atoms with Gasteiger partial charge in [0.2, 0.25) is 0 Å². The van der Waals surface area contributed by atoms with E-state index in [1.54, 1.807) is 12.3 Å². The van der Waals surface area contributed by atoms with Crippen LogP contribution in [0.2, 0.25) is 0 Å². The van der Waals surface area contributed by atoms with E-state index in [-0.39, 0.29) is 0 Å². The van der Waals surface area contributed by atoms with Gasteiger partial charge in [-0.2, -0.15) is 5.26 Å². The molecule has 0 radical (unpaired) electrons. The van der Waals surface area contributed by atoms with Crippen molar-refractivity contribution < 1.29 is 9.63 Å². The quantitative estimate of drug-likeness (QED) is 0.630. The Balaban J connectivity index is 3.04. The summed E-state index contributed by atoms with van der Waals surface area (Å²) in [6, 6.07) is 3.57. The van der Waals surface area contributed by atoms with E-state index >= 15 is 0 Å². The van der Waals surface area contributed by atoms with Crippen LogP contribution in [0.4, 0.5) is 0 Å². The van der Waals surface area contributed by atoms with Gasteiger partial charge in [0.15, 0.2) is 0 Å². The van der Waals surface area contributed by atoms with E-state index in [1.807, 2.05) is 26.8 Å². The second-order valence-corrected chi connectivity index (χ2v) is 5.03. The van der Waals surface area contributed by atoms with Gasteiger partial charge >= 0.3 is 0 Å². The summed E-state index contributed by atoms with van der Waals surface area (Å²) in [5, 5.41) is 9.87. The van der Waals surface area contributed by atoms with E-state index in [2.05, 4.69) is 15.9 Å². The number of hydrogen-bond donors (Lipinski definition) is 0. The predicted octanol–water partition coefficient (Wildman–Crippen LogP) is 1.95. The summed E-state index contributed by atoms with van der Waals surface area (Å²) >= 11 is 3.23. The number of rotatable bonds is 3. The zero-order chi connectivity index (χ0) is 12.3. The first-order chi connectivity index (χ1) is 7.37. The third-order valence-corrected chi connectivity index (χ3v) is 1.99. The monoisotopic (exact) mass is 285 g/mol. The van der Waals surface area contributed by atoms with Crippen molar-refractivity contribution in [2.75, 3.05) is 5.17 Å². The second kappa shape index (κ2) is 4.68. The minimum Gasteiger partial charge on any atom is -0.274 e. The number of amides is 1. The number of carbonyl (C=O) groups is 1. The Morgan fingerprint density at radius 1 is 1.62 bits per heavy atom. The minimum absolute atomic E-state index is 0.309. The highest BCUT2D eigenvalue weighted by molar-refractivity contribution is 9.10. The summed E-state index contributed by atoms with van der Waals surface area (Å²) in [5.41, 5.74) is -0.215. The lowest BCUT2D eigenvalue weighted by Gasteiger charge is -2.27. The summed E-state index contributed by atoms with van der Waals surface area (Å²) in [4.78, 5) is 16.3. The zero-order valence-corrected chi connectivity index (χ0v) is 10.9. The fourth-order valence-corrected chi connectivity index (χ4v) is 1.47. The Morgan fingerprint density at radius 3 is 2.69 bits per heavy atom. The molecule has 0 N–H and O–H groups in total. The molecule has 0 aliphatic rings. The standard InChI is InChI=1S/C10H12BrN3O2/c1-10(2,3)16-14(7-15)13-6-8(11)4-9(13)5-12/h4,6-7H,1-3H3. The lowest BCUT2D eigenvalue weighted by molar-refractivity contribution is -0.127. The summed E-state index contributed by atoms with van der Waals surface area (Å²) in [7, 11) is 0. The fraction of sp³-hybridized carbons (Fsp3) is 0.400. The molecule has 0 saturated carbocycles. The van der Waals surface area contributed by atoms with Crippen LogP contribution in [0.1, 0.15) is 26.5 Å². The van der Waals surface area contributed by atoms with Crippen LogP contribution in [-0.2, 0) is 9.63 Å². The van der Waals surface area contributed by atoms with E-state index < -0.39 is 5.60 Å². The Kier molecular flexibility index (Phi) is 3.73. The second-order valence-electron chi connectivity index (χ2n) is 4.11. The number of hydroxylamine groups is 1. The van der Waals surface area contributed by atoms with Crippen LogP contribution >= 0.6 is 15.9 Å². The molecule has 5 nitrogen and oxygen atoms in total. The first-order valence-corrected chi connectivity index (χ1v) is 5.38. The summed E-state index contributed by atoms with van der Waals surface area (Å²) in [5.74, 6) is 0. The molecule has 1 aromatic heterocycles. The lowest BCUT2D eigenvalue weighted by Crippen LogP contribution is -2.40. The van der Waals surface area contributed by atoms with E-state index in [4.69, 9.17) is 10.1 Å². The Labute approximate surface area is 102 Å². The molecule has 1 heterocycles. The van der Waals surface area contributed by atoms with Gasteiger partial charge in [-0.3, -0.25) is 4.79 Å². The van der Waals surface area contributed by atoms with Crippen LogP contribution in [0.5, 0.6) is 0 Å². The first kappa shape index (κ1) is 12.7. The van der Waals surface area contributed by atoms with Gasteiger partial charge in [-0.05, 0) is 42.8 Å². The molecule has 0 aliphatic heterocycles. The van der Waals surface area contributed by atoms with Gasteiger partial charge in [0, 0.05) is 10.7 Å². The van der Waals surface area contributed by atoms with Crippen LogP contribution in [0.15, 0.2) is 16.7 Å². The van der Waals surface area contributed by atoms with Crippen molar-refractivity contribution in [1.29, 1.82) is 5.26 Å². The topological polar surface area (TPSA) is 58.3 Å². The van der Waals surface area contributed by atoms with Crippen molar-refractivity contribution in [2.45, 2.75) is 26.4 Å². The van der Waals surface area contributed by atoms with Gasteiger partial charge in [-0.25, -0.2) is 9.51 Å². The van der Waals surface area contributed by atoms with E-state index in [0.29, 0.717) is 16.6 Å². The molecule has 0 saturated heterocycles. The van der Waals surface area contributed by atoms with E-state index in [9.17, 15) is 4.79 Å². The third kappa shape index (κ3) is 3.08. The number of carbonyl (C=O) groups excluding carboxylic acids is 1. The highest BCUT2D eigenvalue weighted by Gasteiger charge is 2.19. The fourth-order valence-electron chi connectivity index (χ4n) is 1.06. The summed E-state index contributed by atoms with van der Waals surface area (Å²) in [6.07, 6.45) is 2.09.